The third kappa shape index (κ3) is 2.55. The van der Waals surface area contributed by atoms with Gasteiger partial charge < -0.3 is 10.6 Å². The number of nitrogens with two attached hydrogens (primary N) is 1. The molecule has 16 heavy (non-hydrogen) atoms. The predicted molar refractivity (Wildman–Crippen MR) is 76.2 cm³/mol. The van der Waals surface area contributed by atoms with Crippen molar-refractivity contribution in [2.75, 3.05) is 23.7 Å². The standard InChI is InChI=1S/C12H17BrN2S/c1-9-8-15(5-6-16-9)12-4-2-3-11(13)10(12)7-14/h2-4,9H,5-8,14H2,1H3. The Hall–Kier alpha value is -0.190. The molecule has 88 valence electrons. The predicted octanol–water partition coefficient (Wildman–Crippen LogP) is 2.85. The zero-order valence-corrected chi connectivity index (χ0v) is 11.9. The maximum Gasteiger partial charge on any atom is 0.0423 e. The number of hydrogen-bond donors (Lipinski definition) is 1. The first-order valence-electron chi connectivity index (χ1n) is 5.56. The molecule has 0 bridgehead atoms. The van der Waals surface area contributed by atoms with Gasteiger partial charge in [0.2, 0.25) is 0 Å². The quantitative estimate of drug-likeness (QED) is 0.911. The number of hydrogen-bond acceptors (Lipinski definition) is 3. The average Bonchev–Trinajstić information content (AvgIpc) is 2.28. The minimum atomic E-state index is 0.592. The van der Waals surface area contributed by atoms with Crippen molar-refractivity contribution in [2.24, 2.45) is 5.73 Å². The van der Waals surface area contributed by atoms with E-state index in [0.29, 0.717) is 11.8 Å². The van der Waals surface area contributed by atoms with Crippen LogP contribution in [0.4, 0.5) is 5.69 Å². The molecule has 1 heterocycles. The molecule has 1 atom stereocenters. The summed E-state index contributed by atoms with van der Waals surface area (Å²) in [5, 5.41) is 0.707. The van der Waals surface area contributed by atoms with E-state index >= 15 is 0 Å². The zero-order valence-electron chi connectivity index (χ0n) is 9.45. The van der Waals surface area contributed by atoms with Gasteiger partial charge >= 0.3 is 0 Å². The third-order valence-electron chi connectivity index (χ3n) is 2.88. The Morgan fingerprint density at radius 1 is 1.56 bits per heavy atom. The van der Waals surface area contributed by atoms with Crippen molar-refractivity contribution in [3.63, 3.8) is 0 Å². The molecule has 1 aliphatic rings. The molecule has 0 saturated carbocycles. The van der Waals surface area contributed by atoms with E-state index in [2.05, 4.69) is 46.0 Å². The summed E-state index contributed by atoms with van der Waals surface area (Å²) in [7, 11) is 0. The van der Waals surface area contributed by atoms with Crippen LogP contribution < -0.4 is 10.6 Å². The van der Waals surface area contributed by atoms with Crippen LogP contribution in [0.25, 0.3) is 0 Å². The Morgan fingerprint density at radius 2 is 2.38 bits per heavy atom. The molecule has 2 nitrogen and oxygen atoms in total. The van der Waals surface area contributed by atoms with Crippen molar-refractivity contribution in [1.29, 1.82) is 0 Å². The maximum absolute atomic E-state index is 5.83. The fourth-order valence-electron chi connectivity index (χ4n) is 2.08. The number of thioether (sulfide) groups is 1. The van der Waals surface area contributed by atoms with E-state index in [1.54, 1.807) is 0 Å². The number of anilines is 1. The first-order valence-corrected chi connectivity index (χ1v) is 7.40. The van der Waals surface area contributed by atoms with Gasteiger partial charge in [0.1, 0.15) is 0 Å². The van der Waals surface area contributed by atoms with Crippen molar-refractivity contribution >= 4 is 33.4 Å². The van der Waals surface area contributed by atoms with Gasteiger partial charge in [-0.2, -0.15) is 11.8 Å². The Bertz CT molecular complexity index is 370. The minimum absolute atomic E-state index is 0.592. The molecule has 0 spiro atoms. The molecule has 0 aliphatic carbocycles. The minimum Gasteiger partial charge on any atom is -0.369 e. The van der Waals surface area contributed by atoms with Gasteiger partial charge in [-0.1, -0.05) is 28.9 Å². The van der Waals surface area contributed by atoms with Crippen molar-refractivity contribution in [3.05, 3.63) is 28.2 Å². The summed E-state index contributed by atoms with van der Waals surface area (Å²) < 4.78 is 1.12. The molecule has 1 fully saturated rings. The second-order valence-electron chi connectivity index (χ2n) is 4.07. The maximum atomic E-state index is 5.83. The molecule has 1 unspecified atom stereocenters. The smallest absolute Gasteiger partial charge is 0.0423 e. The van der Waals surface area contributed by atoms with Crippen molar-refractivity contribution in [3.8, 4) is 0 Å². The Labute approximate surface area is 110 Å². The molecular formula is C12H17BrN2S. The van der Waals surface area contributed by atoms with Gasteiger partial charge in [-0.3, -0.25) is 0 Å². The van der Waals surface area contributed by atoms with Crippen LogP contribution in [-0.2, 0) is 6.54 Å². The highest BCUT2D eigenvalue weighted by molar-refractivity contribution is 9.10. The molecule has 4 heteroatoms. The summed E-state index contributed by atoms with van der Waals surface area (Å²) in [5.41, 5.74) is 8.35. The van der Waals surface area contributed by atoms with Gasteiger partial charge in [-0.25, -0.2) is 0 Å². The topological polar surface area (TPSA) is 29.3 Å². The highest BCUT2D eigenvalue weighted by Gasteiger charge is 2.19. The van der Waals surface area contributed by atoms with Gasteiger partial charge in [0, 0.05) is 46.4 Å². The Balaban J connectivity index is 2.28. The van der Waals surface area contributed by atoms with Gasteiger partial charge in [-0.05, 0) is 12.1 Å². The molecule has 2 rings (SSSR count). The lowest BCUT2D eigenvalue weighted by Crippen LogP contribution is -2.37. The van der Waals surface area contributed by atoms with E-state index < -0.39 is 0 Å². The second-order valence-corrected chi connectivity index (χ2v) is 6.47. The molecule has 2 N–H and O–H groups in total. The SMILES string of the molecule is CC1CN(c2cccc(Br)c2CN)CCS1. The van der Waals surface area contributed by atoms with Crippen LogP contribution in [0, 0.1) is 0 Å². The van der Waals surface area contributed by atoms with Gasteiger partial charge in [0.05, 0.1) is 0 Å². The molecule has 0 radical (unpaired) electrons. The summed E-state index contributed by atoms with van der Waals surface area (Å²) in [6, 6.07) is 6.33. The van der Waals surface area contributed by atoms with Crippen LogP contribution in [0.15, 0.2) is 22.7 Å². The fourth-order valence-corrected chi connectivity index (χ4v) is 3.61. The molecular weight excluding hydrogens is 284 g/mol. The van der Waals surface area contributed by atoms with Crippen LogP contribution in [0.2, 0.25) is 0 Å². The van der Waals surface area contributed by atoms with Crippen molar-refractivity contribution in [2.45, 2.75) is 18.7 Å². The van der Waals surface area contributed by atoms with E-state index in [9.17, 15) is 0 Å². The van der Waals surface area contributed by atoms with Crippen molar-refractivity contribution in [1.82, 2.24) is 0 Å². The zero-order chi connectivity index (χ0) is 11.5. The fraction of sp³-hybridized carbons (Fsp3) is 0.500. The van der Waals surface area contributed by atoms with E-state index in [1.165, 1.54) is 17.0 Å². The van der Waals surface area contributed by atoms with Gasteiger partial charge in [0.25, 0.3) is 0 Å². The normalized spacial score (nSPS) is 21.2. The summed E-state index contributed by atoms with van der Waals surface area (Å²) in [4.78, 5) is 2.45. The molecule has 1 aromatic rings. The second kappa shape index (κ2) is 5.43. The number of halogens is 1. The van der Waals surface area contributed by atoms with Gasteiger partial charge in [0.15, 0.2) is 0 Å². The molecule has 0 aromatic heterocycles. The third-order valence-corrected chi connectivity index (χ3v) is 4.76. The highest BCUT2D eigenvalue weighted by Crippen LogP contribution is 2.30. The van der Waals surface area contributed by atoms with Crippen molar-refractivity contribution < 1.29 is 0 Å². The average molecular weight is 301 g/mol. The summed E-state index contributed by atoms with van der Waals surface area (Å²) >= 11 is 5.63. The van der Waals surface area contributed by atoms with E-state index in [-0.39, 0.29) is 0 Å². The number of nitrogens with zero attached hydrogens (tertiary/aromatic N) is 1. The summed E-state index contributed by atoms with van der Waals surface area (Å²) in [6.07, 6.45) is 0. The van der Waals surface area contributed by atoms with E-state index in [0.717, 1.165) is 17.6 Å². The van der Waals surface area contributed by atoms with Crippen LogP contribution in [0.1, 0.15) is 12.5 Å². The van der Waals surface area contributed by atoms with Crippen LogP contribution in [0.3, 0.4) is 0 Å². The first-order chi connectivity index (χ1) is 7.72. The first kappa shape index (κ1) is 12.3. The Morgan fingerprint density at radius 3 is 3.06 bits per heavy atom. The Kier molecular flexibility index (Phi) is 4.16. The molecule has 1 aliphatic heterocycles. The van der Waals surface area contributed by atoms with Crippen LogP contribution in [-0.4, -0.2) is 24.1 Å². The monoisotopic (exact) mass is 300 g/mol. The number of rotatable bonds is 2. The molecule has 1 aromatic carbocycles. The van der Waals surface area contributed by atoms with E-state index in [4.69, 9.17) is 5.73 Å². The highest BCUT2D eigenvalue weighted by atomic mass is 79.9. The molecule has 1 saturated heterocycles. The van der Waals surface area contributed by atoms with Crippen LogP contribution in [0.5, 0.6) is 0 Å². The van der Waals surface area contributed by atoms with Crippen LogP contribution >= 0.6 is 27.7 Å². The largest absolute Gasteiger partial charge is 0.369 e. The van der Waals surface area contributed by atoms with Gasteiger partial charge in [-0.15, -0.1) is 0 Å². The lowest BCUT2D eigenvalue weighted by Gasteiger charge is -2.34. The number of benzene rings is 1. The lowest BCUT2D eigenvalue weighted by atomic mass is 10.1. The van der Waals surface area contributed by atoms with E-state index in [1.807, 2.05) is 11.8 Å². The summed E-state index contributed by atoms with van der Waals surface area (Å²) in [5.74, 6) is 1.21. The lowest BCUT2D eigenvalue weighted by molar-refractivity contribution is 0.776. The molecule has 0 amide bonds. The summed E-state index contributed by atoms with van der Waals surface area (Å²) in [6.45, 7) is 5.12.